The van der Waals surface area contributed by atoms with Gasteiger partial charge in [0.2, 0.25) is 10.0 Å². The Morgan fingerprint density at radius 1 is 1.07 bits per heavy atom. The number of carbonyl (C=O) groups is 1. The summed E-state index contributed by atoms with van der Waals surface area (Å²) in [5.41, 5.74) is 0.540. The molecule has 0 aliphatic heterocycles. The molecule has 1 N–H and O–H groups in total. The summed E-state index contributed by atoms with van der Waals surface area (Å²) >= 11 is 0. The van der Waals surface area contributed by atoms with Crippen LogP contribution in [0.3, 0.4) is 0 Å². The third-order valence-corrected chi connectivity index (χ3v) is 6.78. The molecule has 0 spiro atoms. The third kappa shape index (κ3) is 6.87. The van der Waals surface area contributed by atoms with E-state index in [9.17, 15) is 13.2 Å². The van der Waals surface area contributed by atoms with Gasteiger partial charge >= 0.3 is 0 Å². The maximum absolute atomic E-state index is 13.1. The highest BCUT2D eigenvalue weighted by Gasteiger charge is 2.23. The normalized spacial score (nSPS) is 15.9. The second kappa shape index (κ2) is 10.4. The molecule has 1 fully saturated rings. The topological polar surface area (TPSA) is 69.7 Å². The molecule has 7 heteroatoms. The van der Waals surface area contributed by atoms with Crippen molar-refractivity contribution in [3.8, 4) is 0 Å². The van der Waals surface area contributed by atoms with Crippen LogP contribution in [-0.2, 0) is 10.0 Å². The van der Waals surface area contributed by atoms with Crippen molar-refractivity contribution in [2.24, 2.45) is 5.92 Å². The minimum Gasteiger partial charge on any atom is -0.337 e. The highest BCUT2D eigenvalue weighted by Crippen LogP contribution is 2.25. The van der Waals surface area contributed by atoms with E-state index in [2.05, 4.69) is 9.62 Å². The van der Waals surface area contributed by atoms with Gasteiger partial charge in [0, 0.05) is 31.2 Å². The van der Waals surface area contributed by atoms with Crippen LogP contribution in [-0.4, -0.2) is 63.9 Å². The Labute approximate surface area is 170 Å². The van der Waals surface area contributed by atoms with E-state index < -0.39 is 10.0 Å². The van der Waals surface area contributed by atoms with Gasteiger partial charge in [-0.25, -0.2) is 13.1 Å². The van der Waals surface area contributed by atoms with E-state index >= 15 is 0 Å². The number of amides is 1. The fraction of sp³-hybridized carbons (Fsp3) is 0.667. The van der Waals surface area contributed by atoms with Gasteiger partial charge in [-0.1, -0.05) is 19.3 Å². The molecule has 158 valence electrons. The number of nitrogens with one attached hydrogen (secondary N) is 1. The van der Waals surface area contributed by atoms with Crippen molar-refractivity contribution >= 4 is 15.9 Å². The Morgan fingerprint density at radius 3 is 2.21 bits per heavy atom. The first-order valence-corrected chi connectivity index (χ1v) is 11.7. The molecule has 0 heterocycles. The summed E-state index contributed by atoms with van der Waals surface area (Å²) in [5.74, 6) is 0.544. The van der Waals surface area contributed by atoms with Gasteiger partial charge in [0.15, 0.2) is 0 Å². The van der Waals surface area contributed by atoms with E-state index in [1.54, 1.807) is 26.0 Å². The smallest absolute Gasteiger partial charge is 0.253 e. The minimum atomic E-state index is -3.55. The SMILES string of the molecule is CC(C)NS(=O)(=O)c1ccc(C(=O)N(CCN(C)C)CC2CCCCC2)cc1. The molecule has 0 saturated heterocycles. The van der Waals surface area contributed by atoms with Gasteiger partial charge in [0.25, 0.3) is 5.91 Å². The number of hydrogen-bond donors (Lipinski definition) is 1. The molecule has 1 aliphatic rings. The summed E-state index contributed by atoms with van der Waals surface area (Å²) in [6.07, 6.45) is 6.15. The molecule has 1 aliphatic carbocycles. The van der Waals surface area contributed by atoms with Gasteiger partial charge in [-0.2, -0.15) is 0 Å². The van der Waals surface area contributed by atoms with Crippen molar-refractivity contribution in [2.45, 2.75) is 56.9 Å². The van der Waals surface area contributed by atoms with Gasteiger partial charge in [0.05, 0.1) is 4.90 Å². The quantitative estimate of drug-likeness (QED) is 0.681. The Hall–Kier alpha value is -1.44. The number of sulfonamides is 1. The van der Waals surface area contributed by atoms with Crippen molar-refractivity contribution in [3.05, 3.63) is 29.8 Å². The van der Waals surface area contributed by atoms with E-state index in [1.807, 2.05) is 19.0 Å². The number of benzene rings is 1. The van der Waals surface area contributed by atoms with Crippen LogP contribution in [0.1, 0.15) is 56.3 Å². The van der Waals surface area contributed by atoms with Crippen molar-refractivity contribution in [3.63, 3.8) is 0 Å². The number of rotatable bonds is 9. The summed E-state index contributed by atoms with van der Waals surface area (Å²) < 4.78 is 27.1. The van der Waals surface area contributed by atoms with Crippen molar-refractivity contribution < 1.29 is 13.2 Å². The lowest BCUT2D eigenvalue weighted by Gasteiger charge is -2.30. The summed E-state index contributed by atoms with van der Waals surface area (Å²) in [6, 6.07) is 6.11. The predicted octanol–water partition coefficient (Wildman–Crippen LogP) is 2.96. The fourth-order valence-corrected chi connectivity index (χ4v) is 4.87. The van der Waals surface area contributed by atoms with Crippen LogP contribution in [0.2, 0.25) is 0 Å². The molecule has 2 rings (SSSR count). The van der Waals surface area contributed by atoms with Crippen LogP contribution in [0.5, 0.6) is 0 Å². The molecular weight excluding hydrogens is 374 g/mol. The lowest BCUT2D eigenvalue weighted by Crippen LogP contribution is -2.40. The summed E-state index contributed by atoms with van der Waals surface area (Å²) in [6.45, 7) is 5.83. The van der Waals surface area contributed by atoms with Crippen molar-refractivity contribution in [1.29, 1.82) is 0 Å². The van der Waals surface area contributed by atoms with Crippen molar-refractivity contribution in [1.82, 2.24) is 14.5 Å². The molecule has 0 bridgehead atoms. The van der Waals surface area contributed by atoms with Gasteiger partial charge < -0.3 is 9.80 Å². The summed E-state index contributed by atoms with van der Waals surface area (Å²) in [5, 5.41) is 0. The highest BCUT2D eigenvalue weighted by atomic mass is 32.2. The molecule has 0 aromatic heterocycles. The Balaban J connectivity index is 2.13. The lowest BCUT2D eigenvalue weighted by molar-refractivity contribution is 0.0701. The van der Waals surface area contributed by atoms with Crippen LogP contribution in [0, 0.1) is 5.92 Å². The molecule has 6 nitrogen and oxygen atoms in total. The Bertz CT molecular complexity index is 724. The average Bonchev–Trinajstić information content (AvgIpc) is 2.64. The molecule has 0 radical (unpaired) electrons. The summed E-state index contributed by atoms with van der Waals surface area (Å²) in [4.78, 5) is 17.3. The average molecular weight is 410 g/mol. The summed E-state index contributed by atoms with van der Waals surface area (Å²) in [7, 11) is 0.461. The number of nitrogens with zero attached hydrogens (tertiary/aromatic N) is 2. The molecule has 28 heavy (non-hydrogen) atoms. The molecule has 1 aromatic carbocycles. The second-order valence-corrected chi connectivity index (χ2v) is 10.1. The second-order valence-electron chi connectivity index (χ2n) is 8.36. The predicted molar refractivity (Wildman–Crippen MR) is 113 cm³/mol. The number of likely N-dealkylation sites (N-methyl/N-ethyl adjacent to an activating group) is 1. The van der Waals surface area contributed by atoms with Gasteiger partial charge in [-0.3, -0.25) is 4.79 Å². The van der Waals surface area contributed by atoms with E-state index in [0.29, 0.717) is 18.0 Å². The van der Waals surface area contributed by atoms with Crippen LogP contribution in [0.15, 0.2) is 29.2 Å². The van der Waals surface area contributed by atoms with Crippen LogP contribution in [0.25, 0.3) is 0 Å². The Morgan fingerprint density at radius 2 is 1.68 bits per heavy atom. The first-order valence-electron chi connectivity index (χ1n) is 10.3. The first-order chi connectivity index (χ1) is 13.2. The molecular formula is C21H35N3O3S. The monoisotopic (exact) mass is 409 g/mol. The fourth-order valence-electron chi connectivity index (χ4n) is 3.62. The van der Waals surface area contributed by atoms with E-state index in [4.69, 9.17) is 0 Å². The zero-order valence-corrected chi connectivity index (χ0v) is 18.5. The third-order valence-electron chi connectivity index (χ3n) is 5.11. The standard InChI is InChI=1S/C21H35N3O3S/c1-17(2)22-28(26,27)20-12-10-19(11-13-20)21(25)24(15-14-23(3)4)16-18-8-6-5-7-9-18/h10-13,17-18,22H,5-9,14-16H2,1-4H3. The lowest BCUT2D eigenvalue weighted by atomic mass is 9.89. The number of carbonyl (C=O) groups excluding carboxylic acids is 1. The van der Waals surface area contributed by atoms with E-state index in [1.165, 1.54) is 44.2 Å². The molecule has 1 aromatic rings. The van der Waals surface area contributed by atoms with Crippen LogP contribution < -0.4 is 4.72 Å². The molecule has 0 atom stereocenters. The molecule has 1 saturated carbocycles. The molecule has 1 amide bonds. The zero-order valence-electron chi connectivity index (χ0n) is 17.6. The zero-order chi connectivity index (χ0) is 20.7. The van der Waals surface area contributed by atoms with Crippen LogP contribution >= 0.6 is 0 Å². The first kappa shape index (κ1) is 22.8. The Kier molecular flexibility index (Phi) is 8.46. The van der Waals surface area contributed by atoms with Gasteiger partial charge in [-0.05, 0) is 71.0 Å². The van der Waals surface area contributed by atoms with Crippen molar-refractivity contribution in [2.75, 3.05) is 33.7 Å². The largest absolute Gasteiger partial charge is 0.337 e. The van der Waals surface area contributed by atoms with E-state index in [-0.39, 0.29) is 16.8 Å². The van der Waals surface area contributed by atoms with E-state index in [0.717, 1.165) is 13.1 Å². The van der Waals surface area contributed by atoms with Gasteiger partial charge in [0.1, 0.15) is 0 Å². The minimum absolute atomic E-state index is 0.0202. The maximum Gasteiger partial charge on any atom is 0.253 e. The number of hydrogen-bond acceptors (Lipinski definition) is 4. The molecule has 0 unspecified atom stereocenters. The maximum atomic E-state index is 13.1. The van der Waals surface area contributed by atoms with Gasteiger partial charge in [-0.15, -0.1) is 0 Å². The highest BCUT2D eigenvalue weighted by molar-refractivity contribution is 7.89. The van der Waals surface area contributed by atoms with Crippen LogP contribution in [0.4, 0.5) is 0 Å².